The Labute approximate surface area is 161 Å². The van der Waals surface area contributed by atoms with E-state index in [0.717, 1.165) is 0 Å². The van der Waals surface area contributed by atoms with Gasteiger partial charge < -0.3 is 14.8 Å². The highest BCUT2D eigenvalue weighted by molar-refractivity contribution is 5.83. The predicted octanol–water partition coefficient (Wildman–Crippen LogP) is 3.24. The number of benzene rings is 1. The van der Waals surface area contributed by atoms with Crippen molar-refractivity contribution in [1.82, 2.24) is 10.3 Å². The van der Waals surface area contributed by atoms with Gasteiger partial charge in [-0.25, -0.2) is 9.59 Å². The predicted molar refractivity (Wildman–Crippen MR) is 99.5 cm³/mol. The van der Waals surface area contributed by atoms with Crippen molar-refractivity contribution >= 4 is 17.7 Å². The van der Waals surface area contributed by atoms with Crippen LogP contribution in [0.15, 0.2) is 48.7 Å². The number of pyridine rings is 1. The second-order valence-corrected chi connectivity index (χ2v) is 6.08. The van der Waals surface area contributed by atoms with Crippen LogP contribution in [0.5, 0.6) is 5.75 Å². The monoisotopic (exact) mass is 387 g/mol. The van der Waals surface area contributed by atoms with Crippen molar-refractivity contribution in [3.8, 4) is 5.75 Å². The van der Waals surface area contributed by atoms with Crippen LogP contribution in [0, 0.1) is 16.0 Å². The average Bonchev–Trinajstić information content (AvgIpc) is 2.71. The van der Waals surface area contributed by atoms with Gasteiger partial charge in [0.25, 0.3) is 5.69 Å². The molecule has 0 saturated heterocycles. The number of carbonyl (C=O) groups is 2. The standard InChI is InChI=1S/C19H21N3O6/c1-3-13(2)17(21-19(24)27-12-14-6-4-5-11-20-14)18(23)28-16-9-7-15(8-10-16)22(25)26/h4-11,13,17H,3,12H2,1-2H3,(H,21,24)/t13-,17-/m0/s1. The number of esters is 1. The highest BCUT2D eigenvalue weighted by atomic mass is 16.6. The first-order valence-electron chi connectivity index (χ1n) is 8.70. The van der Waals surface area contributed by atoms with Crippen LogP contribution < -0.4 is 10.1 Å². The molecule has 0 spiro atoms. The molecule has 9 nitrogen and oxygen atoms in total. The quantitative estimate of drug-likeness (QED) is 0.319. The Morgan fingerprint density at radius 1 is 1.21 bits per heavy atom. The smallest absolute Gasteiger partial charge is 0.408 e. The number of non-ortho nitro benzene ring substituents is 1. The molecule has 2 aromatic rings. The summed E-state index contributed by atoms with van der Waals surface area (Å²) in [5.74, 6) is -0.751. The summed E-state index contributed by atoms with van der Waals surface area (Å²) in [5.41, 5.74) is 0.459. The Kier molecular flexibility index (Phi) is 7.44. The SMILES string of the molecule is CC[C@H](C)[C@H](NC(=O)OCc1ccccn1)C(=O)Oc1ccc([N+](=O)[O-])cc1. The fourth-order valence-corrected chi connectivity index (χ4v) is 2.28. The highest BCUT2D eigenvalue weighted by Gasteiger charge is 2.28. The van der Waals surface area contributed by atoms with Gasteiger partial charge in [0.05, 0.1) is 10.6 Å². The van der Waals surface area contributed by atoms with E-state index < -0.39 is 23.0 Å². The normalized spacial score (nSPS) is 12.5. The fourth-order valence-electron chi connectivity index (χ4n) is 2.28. The molecule has 2 rings (SSSR count). The lowest BCUT2D eigenvalue weighted by molar-refractivity contribution is -0.384. The third-order valence-electron chi connectivity index (χ3n) is 4.08. The Balaban J connectivity index is 1.98. The van der Waals surface area contributed by atoms with Gasteiger partial charge in [0.1, 0.15) is 18.4 Å². The summed E-state index contributed by atoms with van der Waals surface area (Å²) in [6, 6.07) is 9.40. The van der Waals surface area contributed by atoms with E-state index in [0.29, 0.717) is 12.1 Å². The molecule has 1 aromatic heterocycles. The number of ether oxygens (including phenoxy) is 2. The Hall–Kier alpha value is -3.49. The highest BCUT2D eigenvalue weighted by Crippen LogP contribution is 2.19. The van der Waals surface area contributed by atoms with Gasteiger partial charge in [0.2, 0.25) is 0 Å². The van der Waals surface area contributed by atoms with E-state index >= 15 is 0 Å². The molecule has 0 radical (unpaired) electrons. The lowest BCUT2D eigenvalue weighted by Gasteiger charge is -2.22. The molecule has 0 bridgehead atoms. The molecule has 1 heterocycles. The van der Waals surface area contributed by atoms with Gasteiger partial charge in [-0.3, -0.25) is 15.1 Å². The van der Waals surface area contributed by atoms with E-state index in [2.05, 4.69) is 10.3 Å². The molecule has 28 heavy (non-hydrogen) atoms. The average molecular weight is 387 g/mol. The van der Waals surface area contributed by atoms with Crippen LogP contribution in [0.1, 0.15) is 26.0 Å². The second kappa shape index (κ2) is 10.0. The maximum Gasteiger partial charge on any atom is 0.408 e. The third-order valence-corrected chi connectivity index (χ3v) is 4.08. The Morgan fingerprint density at radius 3 is 2.50 bits per heavy atom. The Morgan fingerprint density at radius 2 is 1.93 bits per heavy atom. The van der Waals surface area contributed by atoms with Gasteiger partial charge in [-0.2, -0.15) is 0 Å². The van der Waals surface area contributed by atoms with Gasteiger partial charge in [0.15, 0.2) is 0 Å². The van der Waals surface area contributed by atoms with Crippen LogP contribution in [0.25, 0.3) is 0 Å². The van der Waals surface area contributed by atoms with E-state index in [1.807, 2.05) is 6.92 Å². The number of alkyl carbamates (subject to hydrolysis) is 1. The summed E-state index contributed by atoms with van der Waals surface area (Å²) in [6.07, 6.45) is 1.43. The number of nitro benzene ring substituents is 1. The first-order chi connectivity index (χ1) is 13.4. The molecule has 9 heteroatoms. The number of nitrogens with one attached hydrogen (secondary N) is 1. The maximum absolute atomic E-state index is 12.5. The fraction of sp³-hybridized carbons (Fsp3) is 0.316. The van der Waals surface area contributed by atoms with Crippen molar-refractivity contribution in [3.63, 3.8) is 0 Å². The van der Waals surface area contributed by atoms with E-state index in [-0.39, 0.29) is 24.0 Å². The maximum atomic E-state index is 12.5. The van der Waals surface area contributed by atoms with Crippen molar-refractivity contribution in [3.05, 3.63) is 64.5 Å². The van der Waals surface area contributed by atoms with E-state index in [4.69, 9.17) is 9.47 Å². The van der Waals surface area contributed by atoms with Crippen LogP contribution in [-0.4, -0.2) is 28.0 Å². The molecule has 0 fully saturated rings. The van der Waals surface area contributed by atoms with Gasteiger partial charge in [-0.05, 0) is 30.2 Å². The van der Waals surface area contributed by atoms with Crippen molar-refractivity contribution in [1.29, 1.82) is 0 Å². The Bertz CT molecular complexity index is 810. The number of hydrogen-bond acceptors (Lipinski definition) is 7. The zero-order valence-corrected chi connectivity index (χ0v) is 15.5. The van der Waals surface area contributed by atoms with Crippen LogP contribution >= 0.6 is 0 Å². The number of amides is 1. The lowest BCUT2D eigenvalue weighted by atomic mass is 9.99. The van der Waals surface area contributed by atoms with Crippen LogP contribution in [0.3, 0.4) is 0 Å². The zero-order valence-electron chi connectivity index (χ0n) is 15.5. The van der Waals surface area contributed by atoms with E-state index in [1.165, 1.54) is 24.3 Å². The van der Waals surface area contributed by atoms with Gasteiger partial charge in [-0.1, -0.05) is 26.3 Å². The van der Waals surface area contributed by atoms with Crippen molar-refractivity contribution in [2.45, 2.75) is 32.9 Å². The molecule has 0 aliphatic carbocycles. The number of rotatable bonds is 8. The molecule has 0 unspecified atom stereocenters. The summed E-state index contributed by atoms with van der Waals surface area (Å²) < 4.78 is 10.4. The van der Waals surface area contributed by atoms with Crippen molar-refractivity contribution in [2.75, 3.05) is 0 Å². The largest absolute Gasteiger partial charge is 0.443 e. The summed E-state index contributed by atoms with van der Waals surface area (Å²) >= 11 is 0. The van der Waals surface area contributed by atoms with E-state index in [9.17, 15) is 19.7 Å². The molecule has 148 valence electrons. The zero-order chi connectivity index (χ0) is 20.5. The molecule has 1 N–H and O–H groups in total. The first kappa shape index (κ1) is 20.8. The minimum absolute atomic E-state index is 0.0305. The summed E-state index contributed by atoms with van der Waals surface area (Å²) in [6.45, 7) is 3.63. The summed E-state index contributed by atoms with van der Waals surface area (Å²) in [5, 5.41) is 13.2. The number of aromatic nitrogens is 1. The summed E-state index contributed by atoms with van der Waals surface area (Å²) in [4.78, 5) is 38.8. The minimum Gasteiger partial charge on any atom is -0.443 e. The second-order valence-electron chi connectivity index (χ2n) is 6.08. The molecule has 1 aromatic carbocycles. The van der Waals surface area contributed by atoms with Crippen LogP contribution in [0.4, 0.5) is 10.5 Å². The van der Waals surface area contributed by atoms with Crippen LogP contribution in [-0.2, 0) is 16.1 Å². The first-order valence-corrected chi connectivity index (χ1v) is 8.70. The minimum atomic E-state index is -0.934. The topological polar surface area (TPSA) is 121 Å². The van der Waals surface area contributed by atoms with Gasteiger partial charge in [0, 0.05) is 18.3 Å². The molecule has 0 aliphatic heterocycles. The molecule has 0 saturated carbocycles. The number of nitrogens with zero attached hydrogens (tertiary/aromatic N) is 2. The van der Waals surface area contributed by atoms with Crippen molar-refractivity contribution in [2.24, 2.45) is 5.92 Å². The number of hydrogen-bond donors (Lipinski definition) is 1. The van der Waals surface area contributed by atoms with Crippen LogP contribution in [0.2, 0.25) is 0 Å². The lowest BCUT2D eigenvalue weighted by Crippen LogP contribution is -2.47. The van der Waals surface area contributed by atoms with Crippen molar-refractivity contribution < 1.29 is 24.0 Å². The number of nitro groups is 1. The molecular formula is C19H21N3O6. The summed E-state index contributed by atoms with van der Waals surface area (Å²) in [7, 11) is 0. The van der Waals surface area contributed by atoms with E-state index in [1.54, 1.807) is 31.3 Å². The molecule has 2 atom stereocenters. The van der Waals surface area contributed by atoms with Gasteiger partial charge >= 0.3 is 12.1 Å². The number of carbonyl (C=O) groups excluding carboxylic acids is 2. The van der Waals surface area contributed by atoms with Gasteiger partial charge in [-0.15, -0.1) is 0 Å². The molecule has 0 aliphatic rings. The third kappa shape index (κ3) is 6.04. The molecular weight excluding hydrogens is 366 g/mol. The molecule has 1 amide bonds.